The van der Waals surface area contributed by atoms with Gasteiger partial charge in [0.25, 0.3) is 0 Å². The van der Waals surface area contributed by atoms with Crippen LogP contribution in [0.5, 0.6) is 0 Å². The van der Waals surface area contributed by atoms with E-state index in [0.717, 1.165) is 66.8 Å². The molecule has 4 nitrogen and oxygen atoms in total. The first-order chi connectivity index (χ1) is 19.8. The molecule has 0 bridgehead atoms. The largest absolute Gasteiger partial charge is 0.455 e. The zero-order valence-corrected chi connectivity index (χ0v) is 21.5. The van der Waals surface area contributed by atoms with E-state index in [1.54, 1.807) is 0 Å². The predicted molar refractivity (Wildman–Crippen MR) is 162 cm³/mol. The van der Waals surface area contributed by atoms with E-state index in [2.05, 4.69) is 95.6 Å². The van der Waals surface area contributed by atoms with Crippen LogP contribution in [0.3, 0.4) is 0 Å². The van der Waals surface area contributed by atoms with Crippen LogP contribution in [-0.4, -0.2) is 14.5 Å². The molecule has 0 saturated carbocycles. The fourth-order valence-corrected chi connectivity index (χ4v) is 5.55. The van der Waals surface area contributed by atoms with Gasteiger partial charge < -0.3 is 4.42 Å². The lowest BCUT2D eigenvalue weighted by atomic mass is 10.0. The predicted octanol–water partition coefficient (Wildman–Crippen LogP) is 9.32. The van der Waals surface area contributed by atoms with Crippen molar-refractivity contribution in [3.8, 4) is 39.3 Å². The van der Waals surface area contributed by atoms with Crippen LogP contribution in [0.2, 0.25) is 0 Å². The molecule has 5 aromatic carbocycles. The van der Waals surface area contributed by atoms with Gasteiger partial charge in [0.2, 0.25) is 0 Å². The van der Waals surface area contributed by atoms with Crippen molar-refractivity contribution >= 4 is 33.1 Å². The molecule has 0 amide bonds. The summed E-state index contributed by atoms with van der Waals surface area (Å²) in [4.78, 5) is 9.87. The summed E-state index contributed by atoms with van der Waals surface area (Å²) < 4.78 is 8.79. The molecular weight excluding hydrogens is 490 g/mol. The van der Waals surface area contributed by atoms with Crippen molar-refractivity contribution in [2.75, 3.05) is 0 Å². The molecule has 0 saturated heterocycles. The molecule has 0 aliphatic carbocycles. The van der Waals surface area contributed by atoms with Crippen molar-refractivity contribution in [3.05, 3.63) is 140 Å². The van der Waals surface area contributed by atoms with E-state index in [1.165, 1.54) is 0 Å². The Morgan fingerprint density at radius 1 is 0.550 bits per heavy atom. The molecule has 0 spiro atoms. The van der Waals surface area contributed by atoms with E-state index < -0.39 is 0 Å². The maximum absolute atomic E-state index is 6.61. The first-order valence-corrected chi connectivity index (χ1v) is 13.3. The third-order valence-corrected chi connectivity index (χ3v) is 7.48. The molecule has 0 N–H and O–H groups in total. The molecule has 4 heteroatoms. The zero-order valence-electron chi connectivity index (χ0n) is 21.5. The molecule has 8 rings (SSSR count). The van der Waals surface area contributed by atoms with Crippen LogP contribution in [0.1, 0.15) is 0 Å². The van der Waals surface area contributed by atoms with Crippen LogP contribution in [0.15, 0.2) is 144 Å². The molecule has 0 atom stereocenters. The summed E-state index contributed by atoms with van der Waals surface area (Å²) in [7, 11) is 0. The topological polar surface area (TPSA) is 43.9 Å². The second-order valence-electron chi connectivity index (χ2n) is 9.90. The summed E-state index contributed by atoms with van der Waals surface area (Å²) in [6, 6.07) is 45.9. The van der Waals surface area contributed by atoms with Crippen molar-refractivity contribution in [1.82, 2.24) is 14.5 Å². The number of pyridine rings is 1. The number of benzene rings is 5. The van der Waals surface area contributed by atoms with E-state index in [0.29, 0.717) is 5.65 Å². The van der Waals surface area contributed by atoms with Crippen LogP contribution in [0.25, 0.3) is 72.4 Å². The Kier molecular flexibility index (Phi) is 5.10. The summed E-state index contributed by atoms with van der Waals surface area (Å²) in [5.74, 6) is 0.798. The number of aromatic nitrogens is 3. The van der Waals surface area contributed by atoms with E-state index in [4.69, 9.17) is 14.4 Å². The minimum atomic E-state index is 0.693. The molecule has 0 radical (unpaired) electrons. The van der Waals surface area contributed by atoms with E-state index in [9.17, 15) is 0 Å². The van der Waals surface area contributed by atoms with E-state index >= 15 is 0 Å². The zero-order chi connectivity index (χ0) is 26.5. The lowest BCUT2D eigenvalue weighted by Crippen LogP contribution is -1.97. The Morgan fingerprint density at radius 3 is 2.00 bits per heavy atom. The third-order valence-electron chi connectivity index (χ3n) is 7.48. The monoisotopic (exact) mass is 513 g/mol. The fourth-order valence-electron chi connectivity index (χ4n) is 5.55. The van der Waals surface area contributed by atoms with Gasteiger partial charge in [-0.25, -0.2) is 9.97 Å². The maximum Gasteiger partial charge on any atom is 0.178 e. The van der Waals surface area contributed by atoms with Gasteiger partial charge in [0.05, 0.1) is 11.1 Å². The smallest absolute Gasteiger partial charge is 0.178 e. The number of hydrogen-bond donors (Lipinski definition) is 0. The van der Waals surface area contributed by atoms with Crippen LogP contribution in [0.4, 0.5) is 0 Å². The summed E-state index contributed by atoms with van der Waals surface area (Å²) in [5.41, 5.74) is 9.72. The number of nitrogens with zero attached hydrogens (tertiary/aromatic N) is 3. The highest BCUT2D eigenvalue weighted by Crippen LogP contribution is 2.39. The Morgan fingerprint density at radius 2 is 1.25 bits per heavy atom. The number of imidazole rings is 1. The van der Waals surface area contributed by atoms with Crippen LogP contribution in [0, 0.1) is 0 Å². The van der Waals surface area contributed by atoms with Crippen molar-refractivity contribution < 1.29 is 4.42 Å². The molecular formula is C36H23N3O. The molecule has 40 heavy (non-hydrogen) atoms. The molecule has 3 aromatic heterocycles. The number of rotatable bonds is 4. The average Bonchev–Trinajstić information content (AvgIpc) is 3.60. The third kappa shape index (κ3) is 3.62. The Balaban J connectivity index is 1.38. The van der Waals surface area contributed by atoms with Crippen LogP contribution >= 0.6 is 0 Å². The second kappa shape index (κ2) is 9.07. The maximum atomic E-state index is 6.61. The van der Waals surface area contributed by atoms with Gasteiger partial charge in [0.1, 0.15) is 11.2 Å². The van der Waals surface area contributed by atoms with Gasteiger partial charge in [-0.05, 0) is 53.1 Å². The van der Waals surface area contributed by atoms with Gasteiger partial charge in [0, 0.05) is 28.2 Å². The Bertz CT molecular complexity index is 2140. The van der Waals surface area contributed by atoms with Gasteiger partial charge >= 0.3 is 0 Å². The summed E-state index contributed by atoms with van der Waals surface area (Å²) >= 11 is 0. The summed E-state index contributed by atoms with van der Waals surface area (Å²) in [5, 5.41) is 2.15. The van der Waals surface area contributed by atoms with Crippen molar-refractivity contribution in [1.29, 1.82) is 0 Å². The van der Waals surface area contributed by atoms with Crippen molar-refractivity contribution in [2.24, 2.45) is 0 Å². The summed E-state index contributed by atoms with van der Waals surface area (Å²) in [6.45, 7) is 0. The van der Waals surface area contributed by atoms with Crippen LogP contribution < -0.4 is 0 Å². The van der Waals surface area contributed by atoms with Gasteiger partial charge in [-0.1, -0.05) is 97.1 Å². The Labute approximate surface area is 230 Å². The Hall–Kier alpha value is -5.48. The minimum absolute atomic E-state index is 0.693. The molecule has 188 valence electrons. The summed E-state index contributed by atoms with van der Waals surface area (Å²) in [6.07, 6.45) is 1.90. The van der Waals surface area contributed by atoms with Gasteiger partial charge in [0.15, 0.2) is 11.5 Å². The molecule has 0 fully saturated rings. The van der Waals surface area contributed by atoms with Crippen LogP contribution in [-0.2, 0) is 0 Å². The molecule has 0 aliphatic heterocycles. The number of furan rings is 1. The van der Waals surface area contributed by atoms with E-state index in [1.807, 2.05) is 48.7 Å². The highest BCUT2D eigenvalue weighted by molar-refractivity contribution is 6.10. The van der Waals surface area contributed by atoms with Gasteiger partial charge in [-0.15, -0.1) is 0 Å². The lowest BCUT2D eigenvalue weighted by molar-refractivity contribution is 0.669. The normalized spacial score (nSPS) is 11.5. The highest BCUT2D eigenvalue weighted by Gasteiger charge is 2.21. The molecule has 8 aromatic rings. The SMILES string of the molecule is c1ccc(-c2ccc3c(c2)oc2c(-c4nc5ncc(-c6ccccc6)cc5n4-c4ccccc4)cccc23)cc1. The number of para-hydroxylation sites is 2. The quantitative estimate of drug-likeness (QED) is 0.235. The average molecular weight is 514 g/mol. The van der Waals surface area contributed by atoms with Gasteiger partial charge in [-0.2, -0.15) is 0 Å². The number of fused-ring (bicyclic) bond motifs is 4. The molecule has 0 aliphatic rings. The lowest BCUT2D eigenvalue weighted by Gasteiger charge is -2.10. The van der Waals surface area contributed by atoms with E-state index in [-0.39, 0.29) is 0 Å². The van der Waals surface area contributed by atoms with Gasteiger partial charge in [-0.3, -0.25) is 4.57 Å². The fraction of sp³-hybridized carbons (Fsp3) is 0. The second-order valence-corrected chi connectivity index (χ2v) is 9.90. The molecule has 0 unspecified atom stereocenters. The number of hydrogen-bond acceptors (Lipinski definition) is 3. The van der Waals surface area contributed by atoms with Crippen molar-refractivity contribution in [3.63, 3.8) is 0 Å². The first-order valence-electron chi connectivity index (χ1n) is 13.3. The first kappa shape index (κ1) is 22.5. The highest BCUT2D eigenvalue weighted by atomic mass is 16.3. The van der Waals surface area contributed by atoms with Crippen molar-refractivity contribution in [2.45, 2.75) is 0 Å². The molecule has 3 heterocycles. The standard InChI is InChI=1S/C36H23N3O/c1-4-11-24(12-5-1)26-19-20-29-30-17-10-18-31(34(30)40-33(29)22-26)36-38-35-32(39(36)28-15-8-3-9-16-28)21-27(23-37-35)25-13-6-2-7-14-25/h1-23H. The minimum Gasteiger partial charge on any atom is -0.455 e.